The number of para-hydroxylation sites is 3. The van der Waals surface area contributed by atoms with Crippen LogP contribution in [0.3, 0.4) is 0 Å². The molecule has 16 rings (SSSR count). The highest BCUT2D eigenvalue weighted by Gasteiger charge is 2.43. The number of fused-ring (bicyclic) bond motifs is 10. The lowest BCUT2D eigenvalue weighted by Gasteiger charge is -2.43. The fourth-order valence-corrected chi connectivity index (χ4v) is 13.7. The summed E-state index contributed by atoms with van der Waals surface area (Å²) in [4.78, 5) is 4.73. The van der Waals surface area contributed by atoms with E-state index in [0.717, 1.165) is 115 Å². The van der Waals surface area contributed by atoms with Crippen LogP contribution in [0.5, 0.6) is 0 Å². The first-order valence-corrected chi connectivity index (χ1v) is 28.3. The van der Waals surface area contributed by atoms with Crippen molar-refractivity contribution in [1.29, 1.82) is 0 Å². The van der Waals surface area contributed by atoms with Crippen LogP contribution in [0.15, 0.2) is 281 Å². The van der Waals surface area contributed by atoms with E-state index < -0.39 is 12.1 Å². The van der Waals surface area contributed by atoms with Gasteiger partial charge in [-0.25, -0.2) is 0 Å². The number of furan rings is 1. The maximum atomic E-state index is 10.1. The van der Waals surface area contributed by atoms with E-state index in [2.05, 4.69) is 177 Å². The van der Waals surface area contributed by atoms with Gasteiger partial charge in [0.2, 0.25) is 6.71 Å². The molecular formula is C76H53BN2OS. The van der Waals surface area contributed by atoms with Crippen LogP contribution in [0.25, 0.3) is 105 Å². The molecule has 0 saturated heterocycles. The van der Waals surface area contributed by atoms with Crippen molar-refractivity contribution < 1.29 is 14.0 Å². The predicted octanol–water partition coefficient (Wildman–Crippen LogP) is 19.1. The van der Waals surface area contributed by atoms with Crippen LogP contribution in [0.4, 0.5) is 17.1 Å². The minimum atomic E-state index is -0.444. The molecule has 382 valence electrons. The van der Waals surface area contributed by atoms with E-state index in [1.54, 1.807) is 28.5 Å². The summed E-state index contributed by atoms with van der Waals surface area (Å²) in [5.74, 6) is 0. The third-order valence-electron chi connectivity index (χ3n) is 16.4. The molecule has 2 aliphatic heterocycles. The van der Waals surface area contributed by atoms with Gasteiger partial charge in [-0.15, -0.1) is 0 Å². The summed E-state index contributed by atoms with van der Waals surface area (Å²) in [5.41, 5.74) is 17.9. The van der Waals surface area contributed by atoms with Crippen molar-refractivity contribution in [3.63, 3.8) is 0 Å². The zero-order valence-electron chi connectivity index (χ0n) is 51.7. The van der Waals surface area contributed by atoms with Crippen LogP contribution in [0.1, 0.15) is 35.9 Å². The molecule has 0 bridgehead atoms. The van der Waals surface area contributed by atoms with E-state index in [4.69, 9.17) is 5.79 Å². The molecule has 0 amide bonds. The number of rotatable bonds is 7. The number of hydrogen-bond acceptors (Lipinski definition) is 3. The van der Waals surface area contributed by atoms with E-state index >= 15 is 0 Å². The van der Waals surface area contributed by atoms with Crippen molar-refractivity contribution in [3.05, 3.63) is 272 Å². The Balaban J connectivity index is 1.09. The minimum absolute atomic E-state index is 0.0901. The molecule has 81 heavy (non-hydrogen) atoms. The largest absolute Gasteiger partial charge is 0.455 e. The zero-order chi connectivity index (χ0) is 60.0. The summed E-state index contributed by atoms with van der Waals surface area (Å²) in [5, 5.41) is 2.29. The Morgan fingerprint density at radius 2 is 1.10 bits per heavy atom. The van der Waals surface area contributed by atoms with Crippen molar-refractivity contribution in [3.8, 4) is 61.3 Å². The van der Waals surface area contributed by atoms with Crippen LogP contribution in [0, 0.1) is 0 Å². The van der Waals surface area contributed by atoms with Gasteiger partial charge in [0.25, 0.3) is 0 Å². The average molecular weight is 1060 g/mol. The SMILES string of the molecule is [2H]c1c([2H])c([2H])c2c(c1[2H])c1c([2H])c(-c3ccccc3)c([2H])c([2H])c1n2-c1ccc2c(c1)N(c1c(-c3ccccc3)cc(-c3ccccc3)cc1-c1cccc3c1oc1ccccc13)c1cc(C(C)(C)C)cc3c1B2c1cc(-c2ccccc2)ccc1S3. The first-order valence-electron chi connectivity index (χ1n) is 31.0. The third kappa shape index (κ3) is 7.67. The lowest BCUT2D eigenvalue weighted by atomic mass is 9.34. The Hall–Kier alpha value is -9.55. The molecule has 0 N–H and O–H groups in total. The van der Waals surface area contributed by atoms with E-state index in [9.17, 15) is 8.22 Å². The molecule has 0 saturated carbocycles. The van der Waals surface area contributed by atoms with E-state index in [-0.39, 0.29) is 69.7 Å². The molecule has 5 heteroatoms. The molecule has 2 aromatic heterocycles. The monoisotopic (exact) mass is 1060 g/mol. The summed E-state index contributed by atoms with van der Waals surface area (Å²) in [6.45, 7) is 6.48. The third-order valence-corrected chi connectivity index (χ3v) is 17.6. The first kappa shape index (κ1) is 40.6. The van der Waals surface area contributed by atoms with E-state index in [1.165, 1.54) is 0 Å². The van der Waals surface area contributed by atoms with Crippen molar-refractivity contribution >= 4 is 95.7 Å². The Kier molecular flexibility index (Phi) is 9.29. The van der Waals surface area contributed by atoms with Crippen molar-refractivity contribution in [2.75, 3.05) is 4.90 Å². The highest BCUT2D eigenvalue weighted by molar-refractivity contribution is 8.00. The maximum absolute atomic E-state index is 10.1. The molecule has 4 heterocycles. The smallest absolute Gasteiger partial charge is 0.249 e. The molecule has 0 unspecified atom stereocenters. The number of anilines is 3. The minimum Gasteiger partial charge on any atom is -0.455 e. The van der Waals surface area contributed by atoms with Crippen LogP contribution < -0.4 is 21.3 Å². The number of benzene rings is 12. The van der Waals surface area contributed by atoms with Gasteiger partial charge in [0, 0.05) is 65.1 Å². The second kappa shape index (κ2) is 18.5. The Bertz CT molecular complexity index is 5260. The summed E-state index contributed by atoms with van der Waals surface area (Å²) >= 11 is 1.80. The number of nitrogens with zero attached hydrogens (tertiary/aromatic N) is 2. The molecule has 0 spiro atoms. The molecule has 0 radical (unpaired) electrons. The van der Waals surface area contributed by atoms with E-state index in [1.807, 2.05) is 60.7 Å². The lowest BCUT2D eigenvalue weighted by molar-refractivity contribution is 0.589. The van der Waals surface area contributed by atoms with Crippen molar-refractivity contribution in [2.45, 2.75) is 36.0 Å². The molecule has 0 atom stereocenters. The quantitative estimate of drug-likeness (QED) is 0.148. The summed E-state index contributed by atoms with van der Waals surface area (Å²) < 4.78 is 76.3. The first-order chi connectivity index (χ1) is 42.7. The summed E-state index contributed by atoms with van der Waals surface area (Å²) in [7, 11) is 0. The molecule has 3 nitrogen and oxygen atoms in total. The summed E-state index contributed by atoms with van der Waals surface area (Å²) in [6.07, 6.45) is 0. The fraction of sp³-hybridized carbons (Fsp3) is 0.0526. The average Bonchev–Trinajstić information content (AvgIpc) is 1.12. The second-order valence-electron chi connectivity index (χ2n) is 22.2. The molecule has 12 aromatic carbocycles. The topological polar surface area (TPSA) is 21.3 Å². The fourth-order valence-electron chi connectivity index (χ4n) is 12.6. The Morgan fingerprint density at radius 3 is 1.85 bits per heavy atom. The van der Waals surface area contributed by atoms with Crippen LogP contribution in [-0.2, 0) is 5.41 Å². The van der Waals surface area contributed by atoms with Gasteiger partial charge in [0.15, 0.2) is 0 Å². The molecule has 14 aromatic rings. The molecule has 0 fully saturated rings. The van der Waals surface area contributed by atoms with Gasteiger partial charge in [-0.3, -0.25) is 0 Å². The summed E-state index contributed by atoms with van der Waals surface area (Å²) in [6, 6.07) is 75.8. The maximum Gasteiger partial charge on any atom is 0.249 e. The number of hydrogen-bond donors (Lipinski definition) is 0. The van der Waals surface area contributed by atoms with Gasteiger partial charge >= 0.3 is 0 Å². The predicted molar refractivity (Wildman–Crippen MR) is 344 cm³/mol. The second-order valence-corrected chi connectivity index (χ2v) is 23.3. The van der Waals surface area contributed by atoms with Gasteiger partial charge in [-0.2, -0.15) is 0 Å². The van der Waals surface area contributed by atoms with Crippen molar-refractivity contribution in [1.82, 2.24) is 4.57 Å². The number of aromatic nitrogens is 1. The Morgan fingerprint density at radius 1 is 0.444 bits per heavy atom. The normalized spacial score (nSPS) is 14.0. The Labute approximate surface area is 486 Å². The van der Waals surface area contributed by atoms with Crippen LogP contribution in [0.2, 0.25) is 0 Å². The van der Waals surface area contributed by atoms with Gasteiger partial charge in [0.1, 0.15) is 11.2 Å². The molecule has 0 aliphatic carbocycles. The zero-order valence-corrected chi connectivity index (χ0v) is 45.5. The van der Waals surface area contributed by atoms with Gasteiger partial charge in [-0.1, -0.05) is 238 Å². The van der Waals surface area contributed by atoms with Crippen molar-refractivity contribution in [2.24, 2.45) is 0 Å². The van der Waals surface area contributed by atoms with Gasteiger partial charge < -0.3 is 13.9 Å². The van der Waals surface area contributed by atoms with E-state index in [0.29, 0.717) is 11.3 Å². The lowest BCUT2D eigenvalue weighted by Crippen LogP contribution is -2.60. The highest BCUT2D eigenvalue weighted by Crippen LogP contribution is 2.53. The molecule has 2 aliphatic rings. The standard InChI is InChI=1S/C76H53BN2OS/c1-76(2,3)55-45-69-73-72(46-55)81-71-40-36-53(49-23-10-5-11-24-49)44-65(71)77(73)64-38-37-56(78-66-33-18-16-29-57(66)62-41-52(35-39-67(62)78)48-21-8-4-9-22-48)47-68(64)79(69)74-61(51-27-14-7-15-28-51)42-54(50-25-12-6-13-26-50)43-63(74)60-32-20-31-59-58-30-17-19-34-70(58)80-75(59)60/h4-47H,1-3H3/i16D,18D,29D,33D,35D,39D,41D. The van der Waals surface area contributed by atoms with Crippen LogP contribution >= 0.6 is 11.8 Å². The van der Waals surface area contributed by atoms with Gasteiger partial charge in [-0.05, 0) is 128 Å². The van der Waals surface area contributed by atoms with Gasteiger partial charge in [0.05, 0.1) is 26.3 Å². The highest BCUT2D eigenvalue weighted by atomic mass is 32.2. The molecular weight excluding hydrogens is 1000 g/mol. The van der Waals surface area contributed by atoms with Crippen LogP contribution in [-0.4, -0.2) is 11.3 Å².